The average molecular weight is 419 g/mol. The van der Waals surface area contributed by atoms with Gasteiger partial charge in [0.05, 0.1) is 27.3 Å². The Kier molecular flexibility index (Phi) is 6.35. The van der Waals surface area contributed by atoms with E-state index < -0.39 is 5.25 Å². The van der Waals surface area contributed by atoms with Gasteiger partial charge >= 0.3 is 0 Å². The number of hydrogen-bond acceptors (Lipinski definition) is 7. The molecule has 0 radical (unpaired) electrons. The first-order chi connectivity index (χ1) is 13.3. The van der Waals surface area contributed by atoms with Crippen molar-refractivity contribution in [1.82, 2.24) is 15.0 Å². The quantitative estimate of drug-likeness (QED) is 0.627. The minimum absolute atomic E-state index is 0.0475. The normalized spacial score (nSPS) is 13.3. The van der Waals surface area contributed by atoms with Crippen molar-refractivity contribution in [2.24, 2.45) is 0 Å². The lowest BCUT2D eigenvalue weighted by Crippen LogP contribution is -2.32. The van der Waals surface area contributed by atoms with E-state index in [2.05, 4.69) is 15.5 Å². The van der Waals surface area contributed by atoms with E-state index in [-0.39, 0.29) is 23.6 Å². The van der Waals surface area contributed by atoms with E-state index in [0.717, 1.165) is 15.2 Å². The Labute approximate surface area is 171 Å². The lowest BCUT2D eigenvalue weighted by molar-refractivity contribution is -0.128. The topological polar surface area (TPSA) is 88.3 Å². The minimum Gasteiger partial charge on any atom is -0.360 e. The molecule has 0 aliphatic carbocycles. The number of carbonyl (C=O) groups is 2. The molecule has 0 aliphatic heterocycles. The lowest BCUT2D eigenvalue weighted by Gasteiger charge is -2.23. The van der Waals surface area contributed by atoms with E-state index in [4.69, 9.17) is 4.52 Å². The highest BCUT2D eigenvalue weighted by molar-refractivity contribution is 8.01. The van der Waals surface area contributed by atoms with Crippen LogP contribution < -0.4 is 5.32 Å². The molecule has 1 N–H and O–H groups in total. The van der Waals surface area contributed by atoms with Crippen LogP contribution >= 0.6 is 23.1 Å². The van der Waals surface area contributed by atoms with Gasteiger partial charge in [0.15, 0.2) is 5.82 Å². The van der Waals surface area contributed by atoms with Crippen molar-refractivity contribution in [2.75, 3.05) is 18.1 Å². The third kappa shape index (κ3) is 4.71. The molecule has 28 heavy (non-hydrogen) atoms. The predicted molar refractivity (Wildman–Crippen MR) is 113 cm³/mol. The monoisotopic (exact) mass is 418 g/mol. The second kappa shape index (κ2) is 8.74. The first-order valence-electron chi connectivity index (χ1n) is 8.82. The number of benzene rings is 1. The minimum atomic E-state index is -0.396. The van der Waals surface area contributed by atoms with Crippen molar-refractivity contribution in [3.63, 3.8) is 0 Å². The summed E-state index contributed by atoms with van der Waals surface area (Å²) in [5.74, 6) is 0.943. The number of aryl methyl sites for hydroxylation is 1. The zero-order chi connectivity index (χ0) is 20.3. The second-order valence-electron chi connectivity index (χ2n) is 6.47. The molecule has 0 unspecified atom stereocenters. The Balaban J connectivity index is 1.53. The van der Waals surface area contributed by atoms with E-state index in [1.54, 1.807) is 43.2 Å². The highest BCUT2D eigenvalue weighted by Crippen LogP contribution is 2.29. The molecular formula is C19H22N4O3S2. The zero-order valence-corrected chi connectivity index (χ0v) is 17.8. The number of nitrogens with one attached hydrogen (secondary N) is 1. The Morgan fingerprint density at radius 3 is 2.75 bits per heavy atom. The summed E-state index contributed by atoms with van der Waals surface area (Å²) in [4.78, 5) is 31.1. The number of nitrogens with zero attached hydrogens (tertiary/aromatic N) is 3. The van der Waals surface area contributed by atoms with Gasteiger partial charge < -0.3 is 14.7 Å². The highest BCUT2D eigenvalue weighted by atomic mass is 32.2. The maximum Gasteiger partial charge on any atom is 0.238 e. The molecule has 2 aromatic heterocycles. The molecule has 0 fully saturated rings. The fraction of sp³-hybridized carbons (Fsp3) is 0.368. The Morgan fingerprint density at radius 1 is 1.32 bits per heavy atom. The highest BCUT2D eigenvalue weighted by Gasteiger charge is 2.23. The van der Waals surface area contributed by atoms with E-state index in [0.29, 0.717) is 11.6 Å². The van der Waals surface area contributed by atoms with Crippen LogP contribution in [0, 0.1) is 6.92 Å². The maximum atomic E-state index is 12.6. The number of carbonyl (C=O) groups excluding carboxylic acids is 2. The number of fused-ring (bicyclic) bond motifs is 1. The molecule has 2 amide bonds. The molecule has 1 aromatic carbocycles. The summed E-state index contributed by atoms with van der Waals surface area (Å²) in [6, 6.07) is 9.44. The lowest BCUT2D eigenvalue weighted by atomic mass is 10.3. The first kappa shape index (κ1) is 20.3. The molecule has 148 valence electrons. The van der Waals surface area contributed by atoms with Gasteiger partial charge in [-0.1, -0.05) is 17.3 Å². The Hall–Kier alpha value is -2.39. The van der Waals surface area contributed by atoms with Gasteiger partial charge in [-0.25, -0.2) is 4.98 Å². The number of amides is 2. The van der Waals surface area contributed by atoms with Crippen molar-refractivity contribution >= 4 is 50.9 Å². The molecule has 0 aliphatic rings. The van der Waals surface area contributed by atoms with Crippen molar-refractivity contribution in [1.29, 1.82) is 0 Å². The van der Waals surface area contributed by atoms with Crippen LogP contribution in [0.2, 0.25) is 0 Å². The molecule has 2 atom stereocenters. The maximum absolute atomic E-state index is 12.6. The standard InChI is InChI=1S/C19H22N4O3S2/c1-11-9-16(22-26-11)21-18(25)13(3)27-10-17(24)23(4)12(2)19-20-14-7-5-6-8-15(14)28-19/h5-9,12-13H,10H2,1-4H3,(H,21,22,25)/t12-,13+/m1/s1. The van der Waals surface area contributed by atoms with E-state index >= 15 is 0 Å². The molecule has 7 nitrogen and oxygen atoms in total. The summed E-state index contributed by atoms with van der Waals surface area (Å²) < 4.78 is 6.03. The average Bonchev–Trinajstić information content (AvgIpc) is 3.30. The first-order valence-corrected chi connectivity index (χ1v) is 10.7. The van der Waals surface area contributed by atoms with Gasteiger partial charge in [-0.2, -0.15) is 0 Å². The largest absolute Gasteiger partial charge is 0.360 e. The molecule has 2 heterocycles. The van der Waals surface area contributed by atoms with Crippen LogP contribution in [0.25, 0.3) is 10.2 Å². The SMILES string of the molecule is Cc1cc(NC(=O)[C@H](C)SCC(=O)N(C)[C@H](C)c2nc3ccccc3s2)no1. The predicted octanol–water partition coefficient (Wildman–Crippen LogP) is 3.87. The molecule has 3 aromatic rings. The summed E-state index contributed by atoms with van der Waals surface area (Å²) in [7, 11) is 1.77. The third-order valence-corrected chi connectivity index (χ3v) is 6.68. The van der Waals surface area contributed by atoms with Gasteiger partial charge in [0, 0.05) is 13.1 Å². The second-order valence-corrected chi connectivity index (χ2v) is 8.86. The van der Waals surface area contributed by atoms with Gasteiger partial charge in [-0.15, -0.1) is 23.1 Å². The molecule has 3 rings (SSSR count). The zero-order valence-electron chi connectivity index (χ0n) is 16.1. The van der Waals surface area contributed by atoms with Crippen LogP contribution in [0.15, 0.2) is 34.9 Å². The third-order valence-electron chi connectivity index (χ3n) is 4.35. The fourth-order valence-electron chi connectivity index (χ4n) is 2.48. The van der Waals surface area contributed by atoms with Gasteiger partial charge in [0.1, 0.15) is 10.8 Å². The van der Waals surface area contributed by atoms with E-state index in [1.807, 2.05) is 31.2 Å². The van der Waals surface area contributed by atoms with Crippen LogP contribution in [-0.2, 0) is 9.59 Å². The number of anilines is 1. The summed E-state index contributed by atoms with van der Waals surface area (Å²) in [5, 5.41) is 6.92. The van der Waals surface area contributed by atoms with Crippen molar-refractivity contribution in [2.45, 2.75) is 32.1 Å². The summed E-state index contributed by atoms with van der Waals surface area (Å²) in [6.07, 6.45) is 0. The molecule has 0 saturated heterocycles. The molecule has 0 spiro atoms. The molecule has 0 bridgehead atoms. The fourth-order valence-corrected chi connectivity index (χ4v) is 4.35. The number of aromatic nitrogens is 2. The number of hydrogen-bond donors (Lipinski definition) is 1. The van der Waals surface area contributed by atoms with Crippen molar-refractivity contribution in [3.8, 4) is 0 Å². The molecule has 9 heteroatoms. The summed E-state index contributed by atoms with van der Waals surface area (Å²) in [5.41, 5.74) is 0.943. The number of para-hydroxylation sites is 1. The van der Waals surface area contributed by atoms with Gasteiger partial charge in [0.25, 0.3) is 0 Å². The summed E-state index contributed by atoms with van der Waals surface area (Å²) >= 11 is 2.88. The van der Waals surface area contributed by atoms with Crippen LogP contribution in [-0.4, -0.2) is 44.9 Å². The Bertz CT molecular complexity index is 951. The van der Waals surface area contributed by atoms with E-state index in [9.17, 15) is 9.59 Å². The smallest absolute Gasteiger partial charge is 0.238 e. The van der Waals surface area contributed by atoms with E-state index in [1.165, 1.54) is 11.8 Å². The Morgan fingerprint density at radius 2 is 2.07 bits per heavy atom. The van der Waals surface area contributed by atoms with Crippen molar-refractivity contribution in [3.05, 3.63) is 41.1 Å². The van der Waals surface area contributed by atoms with Gasteiger partial charge in [0.2, 0.25) is 11.8 Å². The van der Waals surface area contributed by atoms with Crippen LogP contribution in [0.3, 0.4) is 0 Å². The molecular weight excluding hydrogens is 396 g/mol. The summed E-state index contributed by atoms with van der Waals surface area (Å²) in [6.45, 7) is 5.47. The van der Waals surface area contributed by atoms with Crippen LogP contribution in [0.1, 0.15) is 30.7 Å². The van der Waals surface area contributed by atoms with Crippen LogP contribution in [0.4, 0.5) is 5.82 Å². The number of thioether (sulfide) groups is 1. The number of rotatable bonds is 7. The molecule has 0 saturated carbocycles. The van der Waals surface area contributed by atoms with Gasteiger partial charge in [-0.05, 0) is 32.9 Å². The van der Waals surface area contributed by atoms with Crippen molar-refractivity contribution < 1.29 is 14.1 Å². The van der Waals surface area contributed by atoms with Crippen LogP contribution in [0.5, 0.6) is 0 Å². The number of thiazole rings is 1. The van der Waals surface area contributed by atoms with Gasteiger partial charge in [-0.3, -0.25) is 9.59 Å².